The van der Waals surface area contributed by atoms with Gasteiger partial charge in [-0.2, -0.15) is 0 Å². The van der Waals surface area contributed by atoms with Crippen molar-refractivity contribution in [2.75, 3.05) is 0 Å². The van der Waals surface area contributed by atoms with Gasteiger partial charge in [-0.25, -0.2) is 0 Å². The van der Waals surface area contributed by atoms with E-state index >= 15 is 0 Å². The van der Waals surface area contributed by atoms with Crippen LogP contribution in [-0.4, -0.2) is 5.84 Å². The molecule has 1 atom stereocenters. The first-order chi connectivity index (χ1) is 5.22. The Kier molecular flexibility index (Phi) is 2.26. The van der Waals surface area contributed by atoms with Crippen molar-refractivity contribution in [3.05, 3.63) is 35.9 Å². The number of hydrogen-bond donors (Lipinski definition) is 2. The fourth-order valence-electron chi connectivity index (χ4n) is 0.921. The Labute approximate surface area is 66.6 Å². The molecule has 0 unspecified atom stereocenters. The van der Waals surface area contributed by atoms with Crippen molar-refractivity contribution < 1.29 is 0 Å². The average molecular weight is 148 g/mol. The predicted octanol–water partition coefficient (Wildman–Crippen LogP) is 1.73. The molecule has 58 valence electrons. The maximum Gasteiger partial charge on any atom is 0.0979 e. The van der Waals surface area contributed by atoms with Gasteiger partial charge in [-0.05, 0) is 5.56 Å². The fraction of sp³-hybridized carbons (Fsp3) is 0.222. The third-order valence-electron chi connectivity index (χ3n) is 1.77. The zero-order valence-corrected chi connectivity index (χ0v) is 6.54. The zero-order chi connectivity index (χ0) is 8.27. The summed E-state index contributed by atoms with van der Waals surface area (Å²) in [4.78, 5) is 0. The molecule has 2 nitrogen and oxygen atoms in total. The van der Waals surface area contributed by atoms with Crippen molar-refractivity contribution in [2.45, 2.75) is 12.8 Å². The van der Waals surface area contributed by atoms with E-state index in [9.17, 15) is 0 Å². The molecule has 0 heterocycles. The quantitative estimate of drug-likeness (QED) is 0.487. The van der Waals surface area contributed by atoms with Gasteiger partial charge in [-0.3, -0.25) is 5.41 Å². The van der Waals surface area contributed by atoms with Crippen molar-refractivity contribution in [2.24, 2.45) is 5.73 Å². The number of nitrogens with two attached hydrogens (primary N) is 1. The fourth-order valence-corrected chi connectivity index (χ4v) is 0.921. The van der Waals surface area contributed by atoms with Gasteiger partial charge in [0.15, 0.2) is 0 Å². The van der Waals surface area contributed by atoms with E-state index in [1.54, 1.807) is 0 Å². The maximum absolute atomic E-state index is 7.22. The molecular formula is C9H12N2. The van der Waals surface area contributed by atoms with Gasteiger partial charge in [0.25, 0.3) is 0 Å². The average Bonchev–Trinajstić information content (AvgIpc) is 2.05. The lowest BCUT2D eigenvalue weighted by Crippen LogP contribution is -2.17. The van der Waals surface area contributed by atoms with Crippen LogP contribution in [0.3, 0.4) is 0 Å². The third kappa shape index (κ3) is 1.80. The largest absolute Gasteiger partial charge is 0.387 e. The molecule has 0 aliphatic carbocycles. The standard InChI is InChI=1S/C9H12N2/c1-7(9(10)11)8-5-3-2-4-6-8/h2-7H,1H3,(H3,10,11)/t7-/m0/s1. The van der Waals surface area contributed by atoms with Crippen LogP contribution in [0.5, 0.6) is 0 Å². The smallest absolute Gasteiger partial charge is 0.0979 e. The molecule has 0 spiro atoms. The Balaban J connectivity index is 2.85. The van der Waals surface area contributed by atoms with Gasteiger partial charge < -0.3 is 5.73 Å². The number of amidine groups is 1. The molecule has 0 fully saturated rings. The van der Waals surface area contributed by atoms with Crippen molar-refractivity contribution >= 4 is 5.84 Å². The van der Waals surface area contributed by atoms with E-state index in [1.807, 2.05) is 37.3 Å². The van der Waals surface area contributed by atoms with Gasteiger partial charge in [0.05, 0.1) is 5.84 Å². The Morgan fingerprint density at radius 3 is 2.36 bits per heavy atom. The van der Waals surface area contributed by atoms with E-state index in [1.165, 1.54) is 0 Å². The van der Waals surface area contributed by atoms with Crippen LogP contribution in [0.1, 0.15) is 18.4 Å². The molecule has 0 aliphatic heterocycles. The molecule has 1 aromatic carbocycles. The van der Waals surface area contributed by atoms with Crippen LogP contribution in [-0.2, 0) is 0 Å². The van der Waals surface area contributed by atoms with Crippen LogP contribution < -0.4 is 5.73 Å². The molecule has 1 rings (SSSR count). The van der Waals surface area contributed by atoms with Crippen molar-refractivity contribution in [1.82, 2.24) is 0 Å². The molecule has 0 aliphatic rings. The summed E-state index contributed by atoms with van der Waals surface area (Å²) in [6.07, 6.45) is 0. The highest BCUT2D eigenvalue weighted by Crippen LogP contribution is 2.12. The molecule has 0 aromatic heterocycles. The monoisotopic (exact) mass is 148 g/mol. The van der Waals surface area contributed by atoms with E-state index in [2.05, 4.69) is 0 Å². The summed E-state index contributed by atoms with van der Waals surface area (Å²) in [5.41, 5.74) is 6.45. The van der Waals surface area contributed by atoms with Crippen molar-refractivity contribution in [3.63, 3.8) is 0 Å². The first-order valence-electron chi connectivity index (χ1n) is 3.60. The molecule has 0 amide bonds. The summed E-state index contributed by atoms with van der Waals surface area (Å²) in [7, 11) is 0. The lowest BCUT2D eigenvalue weighted by molar-refractivity contribution is 0.992. The minimum atomic E-state index is 0.0381. The van der Waals surface area contributed by atoms with Crippen LogP contribution in [0.25, 0.3) is 0 Å². The van der Waals surface area contributed by atoms with Gasteiger partial charge in [0.2, 0.25) is 0 Å². The number of benzene rings is 1. The third-order valence-corrected chi connectivity index (χ3v) is 1.77. The number of nitrogens with one attached hydrogen (secondary N) is 1. The van der Waals surface area contributed by atoms with E-state index < -0.39 is 0 Å². The SMILES string of the molecule is C[C@H](C(=N)N)c1ccccc1. The highest BCUT2D eigenvalue weighted by molar-refractivity contribution is 5.84. The van der Waals surface area contributed by atoms with Gasteiger partial charge in [-0.15, -0.1) is 0 Å². The predicted molar refractivity (Wildman–Crippen MR) is 46.8 cm³/mol. The second-order valence-corrected chi connectivity index (χ2v) is 2.59. The Bertz CT molecular complexity index is 241. The molecule has 1 aromatic rings. The molecular weight excluding hydrogens is 136 g/mol. The summed E-state index contributed by atoms with van der Waals surface area (Å²) in [6, 6.07) is 9.82. The number of rotatable bonds is 2. The summed E-state index contributed by atoms with van der Waals surface area (Å²) in [6.45, 7) is 1.93. The Morgan fingerprint density at radius 1 is 1.36 bits per heavy atom. The van der Waals surface area contributed by atoms with Crippen molar-refractivity contribution in [1.29, 1.82) is 5.41 Å². The first-order valence-corrected chi connectivity index (χ1v) is 3.60. The molecule has 2 heteroatoms. The molecule has 0 saturated carbocycles. The second kappa shape index (κ2) is 3.19. The summed E-state index contributed by atoms with van der Waals surface area (Å²) in [5.74, 6) is 0.257. The Morgan fingerprint density at radius 2 is 1.91 bits per heavy atom. The highest BCUT2D eigenvalue weighted by Gasteiger charge is 2.05. The van der Waals surface area contributed by atoms with Crippen LogP contribution >= 0.6 is 0 Å². The molecule has 0 radical (unpaired) electrons. The molecule has 11 heavy (non-hydrogen) atoms. The molecule has 0 bridgehead atoms. The first kappa shape index (κ1) is 7.79. The summed E-state index contributed by atoms with van der Waals surface area (Å²) >= 11 is 0. The van der Waals surface area contributed by atoms with E-state index in [-0.39, 0.29) is 11.8 Å². The van der Waals surface area contributed by atoms with E-state index in [0.29, 0.717) is 0 Å². The summed E-state index contributed by atoms with van der Waals surface area (Å²) in [5, 5.41) is 7.22. The Hall–Kier alpha value is -1.31. The number of hydrogen-bond acceptors (Lipinski definition) is 1. The van der Waals surface area contributed by atoms with E-state index in [0.717, 1.165) is 5.56 Å². The molecule has 0 saturated heterocycles. The zero-order valence-electron chi connectivity index (χ0n) is 6.54. The van der Waals surface area contributed by atoms with Crippen LogP contribution in [0.4, 0.5) is 0 Å². The van der Waals surface area contributed by atoms with Gasteiger partial charge in [0.1, 0.15) is 0 Å². The minimum Gasteiger partial charge on any atom is -0.387 e. The topological polar surface area (TPSA) is 49.9 Å². The molecule has 3 N–H and O–H groups in total. The normalized spacial score (nSPS) is 12.5. The highest BCUT2D eigenvalue weighted by atomic mass is 14.7. The maximum atomic E-state index is 7.22. The lowest BCUT2D eigenvalue weighted by Gasteiger charge is -2.08. The van der Waals surface area contributed by atoms with Gasteiger partial charge in [-0.1, -0.05) is 37.3 Å². The second-order valence-electron chi connectivity index (χ2n) is 2.59. The van der Waals surface area contributed by atoms with Gasteiger partial charge >= 0.3 is 0 Å². The van der Waals surface area contributed by atoms with Crippen LogP contribution in [0.2, 0.25) is 0 Å². The lowest BCUT2D eigenvalue weighted by atomic mass is 10.0. The summed E-state index contributed by atoms with van der Waals surface area (Å²) < 4.78 is 0. The van der Waals surface area contributed by atoms with Crippen molar-refractivity contribution in [3.8, 4) is 0 Å². The van der Waals surface area contributed by atoms with Crippen LogP contribution in [0.15, 0.2) is 30.3 Å². The van der Waals surface area contributed by atoms with Crippen LogP contribution in [0, 0.1) is 5.41 Å². The van der Waals surface area contributed by atoms with E-state index in [4.69, 9.17) is 11.1 Å². The van der Waals surface area contributed by atoms with Gasteiger partial charge in [0, 0.05) is 5.92 Å². The minimum absolute atomic E-state index is 0.0381.